The van der Waals surface area contributed by atoms with Crippen molar-refractivity contribution in [2.45, 2.75) is 242 Å². The number of hydrogen-bond donors (Lipinski definition) is 2. The van der Waals surface area contributed by atoms with E-state index in [1.807, 2.05) is 62.3 Å². The molecule has 0 aromatic heterocycles. The third-order valence-electron chi connectivity index (χ3n) is 18.7. The molecule has 6 aliphatic carbocycles. The van der Waals surface area contributed by atoms with Crippen molar-refractivity contribution >= 4 is 0 Å². The van der Waals surface area contributed by atoms with Gasteiger partial charge in [0.1, 0.15) is 6.10 Å². The first-order valence-corrected chi connectivity index (χ1v) is 25.8. The molecule has 0 aromatic rings. The molecule has 14 unspecified atom stereocenters. The van der Waals surface area contributed by atoms with Crippen LogP contribution in [0.25, 0.3) is 0 Å². The van der Waals surface area contributed by atoms with Crippen molar-refractivity contribution in [2.75, 3.05) is 32.8 Å². The Morgan fingerprint density at radius 1 is 0.831 bits per heavy atom. The molecule has 59 heavy (non-hydrogen) atoms. The zero-order valence-electron chi connectivity index (χ0n) is 41.2. The van der Waals surface area contributed by atoms with Gasteiger partial charge in [-0.2, -0.15) is 0 Å². The minimum Gasteiger partial charge on any atom is -0.390 e. The van der Waals surface area contributed by atoms with Gasteiger partial charge in [-0.3, -0.25) is 4.90 Å². The van der Waals surface area contributed by atoms with E-state index in [2.05, 4.69) is 39.5 Å². The average molecular weight is 832 g/mol. The van der Waals surface area contributed by atoms with E-state index in [1.165, 1.54) is 96.4 Å². The maximum absolute atomic E-state index is 12.7. The molecule has 2 heterocycles. The maximum Gasteiger partial charge on any atom is 0.170 e. The summed E-state index contributed by atoms with van der Waals surface area (Å²) in [5.41, 5.74) is -0.396. The van der Waals surface area contributed by atoms with Gasteiger partial charge in [0.15, 0.2) is 6.29 Å². The number of rotatable bonds is 9. The van der Waals surface area contributed by atoms with Crippen molar-refractivity contribution in [3.05, 3.63) is 0 Å². The zero-order valence-corrected chi connectivity index (χ0v) is 41.2. The Morgan fingerprint density at radius 2 is 1.46 bits per heavy atom. The first-order valence-electron chi connectivity index (χ1n) is 25.8. The van der Waals surface area contributed by atoms with Crippen LogP contribution in [0.3, 0.4) is 0 Å². The Kier molecular flexibility index (Phi) is 16.7. The Morgan fingerprint density at radius 3 is 2.10 bits per heavy atom. The fourth-order valence-electron chi connectivity index (χ4n) is 16.0. The Labute approximate surface area is 364 Å². The number of hydrogen-bond acceptors (Lipinski definition) is 7. The monoisotopic (exact) mass is 832 g/mol. The van der Waals surface area contributed by atoms with Crippen molar-refractivity contribution in [2.24, 2.45) is 56.7 Å². The lowest BCUT2D eigenvalue weighted by Gasteiger charge is -2.64. The molecule has 0 bridgehead atoms. The molecule has 2 saturated heterocycles. The normalized spacial score (nSPS) is 44.6. The van der Waals surface area contributed by atoms with Gasteiger partial charge in [-0.1, -0.05) is 121 Å². The van der Waals surface area contributed by atoms with Crippen LogP contribution in [-0.4, -0.2) is 90.4 Å². The minimum absolute atomic E-state index is 0.0272. The third-order valence-corrected chi connectivity index (χ3v) is 18.7. The average Bonchev–Trinajstić information content (AvgIpc) is 3.84. The molecule has 6 saturated carbocycles. The van der Waals surface area contributed by atoms with Crippen LogP contribution in [0.2, 0.25) is 0 Å². The van der Waals surface area contributed by atoms with Gasteiger partial charge in [0, 0.05) is 25.1 Å². The molecule has 14 atom stereocenters. The zero-order chi connectivity index (χ0) is 43.6. The highest BCUT2D eigenvalue weighted by Crippen LogP contribution is 2.89. The van der Waals surface area contributed by atoms with Crippen molar-refractivity contribution < 1.29 is 29.2 Å². The molecule has 7 heteroatoms. The van der Waals surface area contributed by atoms with Gasteiger partial charge in [0.2, 0.25) is 0 Å². The second kappa shape index (κ2) is 19.9. The van der Waals surface area contributed by atoms with E-state index in [9.17, 15) is 10.2 Å². The lowest BCUT2D eigenvalue weighted by atomic mass is 9.41. The summed E-state index contributed by atoms with van der Waals surface area (Å²) in [5.74, 6) is 2.78. The number of aliphatic hydroxyl groups excluding tert-OH is 1. The summed E-state index contributed by atoms with van der Waals surface area (Å²) < 4.78 is 26.6. The maximum atomic E-state index is 12.7. The minimum atomic E-state index is -1.01. The fraction of sp³-hybridized carbons (Fsp3) is 1.00. The number of fused-ring (bicyclic) bond motifs is 4. The number of nitrogens with zero attached hydrogens (tertiary/aromatic N) is 1. The van der Waals surface area contributed by atoms with E-state index < -0.39 is 17.8 Å². The van der Waals surface area contributed by atoms with Crippen LogP contribution < -0.4 is 0 Å². The van der Waals surface area contributed by atoms with Crippen molar-refractivity contribution in [3.8, 4) is 0 Å². The van der Waals surface area contributed by atoms with E-state index in [-0.39, 0.29) is 40.8 Å². The summed E-state index contributed by atoms with van der Waals surface area (Å²) in [4.78, 5) is 2.64. The quantitative estimate of drug-likeness (QED) is 0.239. The summed E-state index contributed by atoms with van der Waals surface area (Å²) in [7, 11) is 0. The number of aliphatic hydroxyl groups is 2. The van der Waals surface area contributed by atoms with Crippen LogP contribution in [0.15, 0.2) is 0 Å². The molecule has 8 aliphatic rings. The van der Waals surface area contributed by atoms with E-state index in [0.29, 0.717) is 41.1 Å². The standard InChI is InChI=1S/C46H79NO6.3C2H6/c1-9-50-40(42(5,6)49)32-27-30(2)37-38(52-32)39(48)44(8)34-18-17-33-41(3,4)35(19-21-45(33)29-46(34,45)23-22-43(37,44)7)53-36-28-47(25-26-51-36)24-20-31-15-13-11-10-12-14-16-31;3*1-2/h30-40,48-49H,9-29H2,1-8H3;3*1-2H3. The second-order valence-electron chi connectivity index (χ2n) is 21.8. The first kappa shape index (κ1) is 49.7. The molecule has 346 valence electrons. The van der Waals surface area contributed by atoms with Crippen LogP contribution in [-0.2, 0) is 18.9 Å². The van der Waals surface area contributed by atoms with Gasteiger partial charge in [0.05, 0.1) is 36.6 Å². The largest absolute Gasteiger partial charge is 0.390 e. The first-order chi connectivity index (χ1) is 28.1. The highest BCUT2D eigenvalue weighted by Gasteiger charge is 2.84. The SMILES string of the molecule is CC.CC.CC.CCOC(C1CC(C)C2C(O1)C(O)C1(C)C3CCC4C(C)(C)C(OC5CN(CCC6CCCCCCC6)CCO5)CCC45CC35CCC21C)C(C)(C)O. The van der Waals surface area contributed by atoms with Gasteiger partial charge in [0.25, 0.3) is 0 Å². The molecule has 0 radical (unpaired) electrons. The molecule has 8 rings (SSSR count). The van der Waals surface area contributed by atoms with E-state index in [0.717, 1.165) is 38.5 Å². The topological polar surface area (TPSA) is 80.6 Å². The predicted molar refractivity (Wildman–Crippen MR) is 243 cm³/mol. The van der Waals surface area contributed by atoms with Crippen LogP contribution >= 0.6 is 0 Å². The Balaban J connectivity index is 0.00000106. The summed E-state index contributed by atoms with van der Waals surface area (Å²) in [6.45, 7) is 34.6. The van der Waals surface area contributed by atoms with Crippen molar-refractivity contribution in [1.82, 2.24) is 4.90 Å². The summed E-state index contributed by atoms with van der Waals surface area (Å²) in [5, 5.41) is 23.8. The molecule has 7 nitrogen and oxygen atoms in total. The predicted octanol–water partition coefficient (Wildman–Crippen LogP) is 11.8. The molecule has 2 spiro atoms. The second-order valence-corrected chi connectivity index (χ2v) is 21.8. The van der Waals surface area contributed by atoms with Crippen LogP contribution in [0.1, 0.15) is 200 Å². The van der Waals surface area contributed by atoms with Gasteiger partial charge in [-0.05, 0) is 136 Å². The third kappa shape index (κ3) is 8.68. The lowest BCUT2D eigenvalue weighted by molar-refractivity contribution is -0.249. The summed E-state index contributed by atoms with van der Waals surface area (Å²) in [6.07, 6.45) is 19.6. The van der Waals surface area contributed by atoms with Crippen LogP contribution in [0.4, 0.5) is 0 Å². The smallest absolute Gasteiger partial charge is 0.170 e. The van der Waals surface area contributed by atoms with E-state index in [4.69, 9.17) is 18.9 Å². The Bertz CT molecular complexity index is 1290. The van der Waals surface area contributed by atoms with Crippen molar-refractivity contribution in [1.29, 1.82) is 0 Å². The lowest BCUT2D eigenvalue weighted by Crippen LogP contribution is -2.60. The van der Waals surface area contributed by atoms with Gasteiger partial charge in [-0.15, -0.1) is 0 Å². The van der Waals surface area contributed by atoms with Crippen LogP contribution in [0, 0.1) is 56.7 Å². The molecular formula is C52H97NO6. The summed E-state index contributed by atoms with van der Waals surface area (Å²) in [6, 6.07) is 0. The number of morpholine rings is 1. The molecule has 8 fully saturated rings. The molecular weight excluding hydrogens is 735 g/mol. The van der Waals surface area contributed by atoms with Gasteiger partial charge >= 0.3 is 0 Å². The van der Waals surface area contributed by atoms with Gasteiger partial charge in [-0.25, -0.2) is 0 Å². The highest BCUT2D eigenvalue weighted by atomic mass is 16.7. The van der Waals surface area contributed by atoms with E-state index >= 15 is 0 Å². The van der Waals surface area contributed by atoms with Gasteiger partial charge < -0.3 is 29.2 Å². The Hall–Kier alpha value is -0.280. The molecule has 2 aliphatic heterocycles. The fourth-order valence-corrected chi connectivity index (χ4v) is 16.0. The van der Waals surface area contributed by atoms with Crippen molar-refractivity contribution in [3.63, 3.8) is 0 Å². The number of ether oxygens (including phenoxy) is 4. The van der Waals surface area contributed by atoms with E-state index in [1.54, 1.807) is 0 Å². The summed E-state index contributed by atoms with van der Waals surface area (Å²) >= 11 is 0. The van der Waals surface area contributed by atoms with Crippen LogP contribution in [0.5, 0.6) is 0 Å². The highest BCUT2D eigenvalue weighted by molar-refractivity contribution is 5.33. The molecule has 0 aromatic carbocycles. The molecule has 0 amide bonds. The molecule has 2 N–H and O–H groups in total.